The summed E-state index contributed by atoms with van der Waals surface area (Å²) in [6, 6.07) is 14.4. The first-order chi connectivity index (χ1) is 11.6. The van der Waals surface area contributed by atoms with Crippen molar-refractivity contribution in [1.82, 2.24) is 5.32 Å². The Kier molecular flexibility index (Phi) is 5.15. The molecule has 2 N–H and O–H groups in total. The van der Waals surface area contributed by atoms with E-state index >= 15 is 0 Å². The van der Waals surface area contributed by atoms with Gasteiger partial charge in [0.2, 0.25) is 0 Å². The summed E-state index contributed by atoms with van der Waals surface area (Å²) in [7, 11) is 0. The van der Waals surface area contributed by atoms with E-state index in [1.54, 1.807) is 36.4 Å². The van der Waals surface area contributed by atoms with Gasteiger partial charge in [0, 0.05) is 21.8 Å². The SMILES string of the molecule is O=C(COc1ccc(Br)cc1)Nc1cccc(C(=O)NC2CC2)c1. The van der Waals surface area contributed by atoms with Gasteiger partial charge in [0.15, 0.2) is 6.61 Å². The maximum atomic E-state index is 12.0. The molecule has 0 radical (unpaired) electrons. The van der Waals surface area contributed by atoms with E-state index in [-0.39, 0.29) is 18.4 Å². The number of carbonyl (C=O) groups excluding carboxylic acids is 2. The Morgan fingerprint density at radius 2 is 1.88 bits per heavy atom. The van der Waals surface area contributed by atoms with Gasteiger partial charge in [-0.3, -0.25) is 9.59 Å². The second kappa shape index (κ2) is 7.49. The van der Waals surface area contributed by atoms with Crippen LogP contribution in [-0.2, 0) is 4.79 Å². The van der Waals surface area contributed by atoms with E-state index in [1.807, 2.05) is 12.1 Å². The number of hydrogen-bond acceptors (Lipinski definition) is 3. The van der Waals surface area contributed by atoms with Gasteiger partial charge in [0.25, 0.3) is 11.8 Å². The molecular weight excluding hydrogens is 372 g/mol. The molecule has 2 amide bonds. The summed E-state index contributed by atoms with van der Waals surface area (Å²) in [4.78, 5) is 24.0. The minimum atomic E-state index is -0.280. The Morgan fingerprint density at radius 1 is 1.12 bits per heavy atom. The molecular formula is C18H17BrN2O3. The first kappa shape index (κ1) is 16.5. The molecule has 0 aliphatic heterocycles. The predicted molar refractivity (Wildman–Crippen MR) is 95.2 cm³/mol. The third-order valence-electron chi connectivity index (χ3n) is 3.50. The Labute approximate surface area is 148 Å². The topological polar surface area (TPSA) is 67.4 Å². The number of benzene rings is 2. The lowest BCUT2D eigenvalue weighted by molar-refractivity contribution is -0.118. The van der Waals surface area contributed by atoms with Crippen LogP contribution in [0.15, 0.2) is 53.0 Å². The van der Waals surface area contributed by atoms with Gasteiger partial charge in [0.1, 0.15) is 5.75 Å². The summed E-state index contributed by atoms with van der Waals surface area (Å²) in [6.45, 7) is -0.0971. The number of amides is 2. The van der Waals surface area contributed by atoms with Crippen molar-refractivity contribution in [2.75, 3.05) is 11.9 Å². The first-order valence-corrected chi connectivity index (χ1v) is 8.48. The standard InChI is InChI=1S/C18H17BrN2O3/c19-13-4-8-16(9-5-13)24-11-17(22)20-15-3-1-2-12(10-15)18(23)21-14-6-7-14/h1-5,8-10,14H,6-7,11H2,(H,20,22)(H,21,23). The van der Waals surface area contributed by atoms with E-state index in [0.29, 0.717) is 23.0 Å². The summed E-state index contributed by atoms with van der Waals surface area (Å²) >= 11 is 3.34. The van der Waals surface area contributed by atoms with Crippen LogP contribution in [-0.4, -0.2) is 24.5 Å². The molecule has 0 atom stereocenters. The Bertz CT molecular complexity index is 742. The molecule has 6 heteroatoms. The molecule has 2 aromatic carbocycles. The third kappa shape index (κ3) is 4.83. The monoisotopic (exact) mass is 388 g/mol. The van der Waals surface area contributed by atoms with Crippen molar-refractivity contribution >= 4 is 33.4 Å². The molecule has 0 spiro atoms. The smallest absolute Gasteiger partial charge is 0.262 e. The molecule has 1 fully saturated rings. The van der Waals surface area contributed by atoms with E-state index in [0.717, 1.165) is 17.3 Å². The Morgan fingerprint density at radius 3 is 2.58 bits per heavy atom. The summed E-state index contributed by atoms with van der Waals surface area (Å²) in [6.07, 6.45) is 2.07. The van der Waals surface area contributed by atoms with Crippen molar-refractivity contribution in [3.63, 3.8) is 0 Å². The van der Waals surface area contributed by atoms with Crippen LogP contribution in [0.25, 0.3) is 0 Å². The third-order valence-corrected chi connectivity index (χ3v) is 4.03. The molecule has 5 nitrogen and oxygen atoms in total. The van der Waals surface area contributed by atoms with E-state index in [4.69, 9.17) is 4.74 Å². The highest BCUT2D eigenvalue weighted by Crippen LogP contribution is 2.20. The Balaban J connectivity index is 1.53. The van der Waals surface area contributed by atoms with Crippen molar-refractivity contribution in [3.05, 3.63) is 58.6 Å². The number of anilines is 1. The van der Waals surface area contributed by atoms with E-state index < -0.39 is 0 Å². The number of ether oxygens (including phenoxy) is 1. The van der Waals surface area contributed by atoms with Crippen molar-refractivity contribution in [2.24, 2.45) is 0 Å². The summed E-state index contributed by atoms with van der Waals surface area (Å²) in [5.41, 5.74) is 1.11. The van der Waals surface area contributed by atoms with Crippen LogP contribution in [0, 0.1) is 0 Å². The number of rotatable bonds is 6. The van der Waals surface area contributed by atoms with E-state index in [2.05, 4.69) is 26.6 Å². The van der Waals surface area contributed by atoms with Crippen LogP contribution in [0.5, 0.6) is 5.75 Å². The molecule has 1 aliphatic carbocycles. The molecule has 24 heavy (non-hydrogen) atoms. The fourth-order valence-electron chi connectivity index (χ4n) is 2.11. The van der Waals surface area contributed by atoms with Gasteiger partial charge in [-0.1, -0.05) is 22.0 Å². The average Bonchev–Trinajstić information content (AvgIpc) is 3.38. The number of nitrogens with one attached hydrogen (secondary N) is 2. The second-order valence-corrected chi connectivity index (χ2v) is 6.53. The van der Waals surface area contributed by atoms with Gasteiger partial charge in [-0.15, -0.1) is 0 Å². The molecule has 1 aliphatic rings. The molecule has 1 saturated carbocycles. The van der Waals surface area contributed by atoms with E-state index in [9.17, 15) is 9.59 Å². The highest BCUT2D eigenvalue weighted by atomic mass is 79.9. The molecule has 124 valence electrons. The van der Waals surface area contributed by atoms with Crippen LogP contribution < -0.4 is 15.4 Å². The largest absolute Gasteiger partial charge is 0.484 e. The number of hydrogen-bond donors (Lipinski definition) is 2. The zero-order valence-corrected chi connectivity index (χ0v) is 14.5. The lowest BCUT2D eigenvalue weighted by Crippen LogP contribution is -2.25. The lowest BCUT2D eigenvalue weighted by atomic mass is 10.2. The maximum Gasteiger partial charge on any atom is 0.262 e. The molecule has 0 bridgehead atoms. The highest BCUT2D eigenvalue weighted by molar-refractivity contribution is 9.10. The van der Waals surface area contributed by atoms with Crippen LogP contribution in [0.4, 0.5) is 5.69 Å². The average molecular weight is 389 g/mol. The summed E-state index contributed by atoms with van der Waals surface area (Å²) in [5.74, 6) is 0.225. The van der Waals surface area contributed by atoms with Gasteiger partial charge in [-0.2, -0.15) is 0 Å². The van der Waals surface area contributed by atoms with Gasteiger partial charge in [0.05, 0.1) is 0 Å². The minimum absolute atomic E-state index is 0.0971. The number of carbonyl (C=O) groups is 2. The minimum Gasteiger partial charge on any atom is -0.484 e. The number of halogens is 1. The predicted octanol–water partition coefficient (Wildman–Crippen LogP) is 3.36. The normalized spacial score (nSPS) is 13.2. The first-order valence-electron chi connectivity index (χ1n) is 7.69. The highest BCUT2D eigenvalue weighted by Gasteiger charge is 2.23. The molecule has 2 aromatic rings. The van der Waals surface area contributed by atoms with E-state index in [1.165, 1.54) is 0 Å². The van der Waals surface area contributed by atoms with Crippen LogP contribution in [0.3, 0.4) is 0 Å². The quantitative estimate of drug-likeness (QED) is 0.796. The molecule has 0 saturated heterocycles. The summed E-state index contributed by atoms with van der Waals surface area (Å²) < 4.78 is 6.37. The molecule has 0 heterocycles. The Hall–Kier alpha value is -2.34. The molecule has 0 aromatic heterocycles. The maximum absolute atomic E-state index is 12.0. The molecule has 0 unspecified atom stereocenters. The van der Waals surface area contributed by atoms with Gasteiger partial charge < -0.3 is 15.4 Å². The van der Waals surface area contributed by atoms with Gasteiger partial charge in [-0.05, 0) is 55.3 Å². The van der Waals surface area contributed by atoms with Crippen molar-refractivity contribution in [1.29, 1.82) is 0 Å². The van der Waals surface area contributed by atoms with Crippen LogP contribution in [0.1, 0.15) is 23.2 Å². The fraction of sp³-hybridized carbons (Fsp3) is 0.222. The van der Waals surface area contributed by atoms with Crippen molar-refractivity contribution < 1.29 is 14.3 Å². The zero-order valence-electron chi connectivity index (χ0n) is 12.9. The molecule has 3 rings (SSSR count). The van der Waals surface area contributed by atoms with Crippen LogP contribution in [0.2, 0.25) is 0 Å². The van der Waals surface area contributed by atoms with Crippen molar-refractivity contribution in [3.8, 4) is 5.75 Å². The van der Waals surface area contributed by atoms with Gasteiger partial charge >= 0.3 is 0 Å². The van der Waals surface area contributed by atoms with Crippen molar-refractivity contribution in [2.45, 2.75) is 18.9 Å². The van der Waals surface area contributed by atoms with Gasteiger partial charge in [-0.25, -0.2) is 0 Å². The second-order valence-electron chi connectivity index (χ2n) is 5.62. The van der Waals surface area contributed by atoms with Crippen LogP contribution >= 0.6 is 15.9 Å². The fourth-order valence-corrected chi connectivity index (χ4v) is 2.38. The lowest BCUT2D eigenvalue weighted by Gasteiger charge is -2.09. The summed E-state index contributed by atoms with van der Waals surface area (Å²) in [5, 5.41) is 5.66. The zero-order chi connectivity index (χ0) is 16.9.